The first-order valence-electron chi connectivity index (χ1n) is 10.5. The van der Waals surface area contributed by atoms with Crippen molar-refractivity contribution in [3.05, 3.63) is 65.4 Å². The number of ether oxygens (including phenoxy) is 2. The van der Waals surface area contributed by atoms with Crippen LogP contribution in [0.5, 0.6) is 5.75 Å². The van der Waals surface area contributed by atoms with Gasteiger partial charge in [0.1, 0.15) is 29.0 Å². The summed E-state index contributed by atoms with van der Waals surface area (Å²) >= 11 is 0. The van der Waals surface area contributed by atoms with Gasteiger partial charge in [-0.25, -0.2) is 0 Å². The predicted molar refractivity (Wildman–Crippen MR) is 133 cm³/mol. The largest absolute Gasteiger partial charge is 0.489 e. The highest BCUT2D eigenvalue weighted by Gasteiger charge is 2.25. The third-order valence-electron chi connectivity index (χ3n) is 5.46. The molecule has 0 bridgehead atoms. The maximum Gasteiger partial charge on any atom is 0.313 e. The van der Waals surface area contributed by atoms with E-state index in [0.717, 1.165) is 36.2 Å². The third-order valence-corrected chi connectivity index (χ3v) is 5.46. The second-order valence-corrected chi connectivity index (χ2v) is 7.69. The van der Waals surface area contributed by atoms with Crippen molar-refractivity contribution in [2.24, 2.45) is 5.73 Å². The van der Waals surface area contributed by atoms with Crippen LogP contribution in [-0.2, 0) is 16.0 Å². The molecule has 3 aromatic rings. The van der Waals surface area contributed by atoms with E-state index in [9.17, 15) is 4.79 Å². The van der Waals surface area contributed by atoms with E-state index < -0.39 is 5.92 Å². The van der Waals surface area contributed by atoms with E-state index in [-0.39, 0.29) is 42.7 Å². The fourth-order valence-corrected chi connectivity index (χ4v) is 3.85. The highest BCUT2D eigenvalue weighted by Crippen LogP contribution is 2.29. The molecule has 1 unspecified atom stereocenters. The first-order valence-corrected chi connectivity index (χ1v) is 10.5. The summed E-state index contributed by atoms with van der Waals surface area (Å²) in [6.45, 7) is 3.93. The number of halogens is 2. The number of hydrogen-bond donors (Lipinski definition) is 3. The van der Waals surface area contributed by atoms with Crippen LogP contribution in [0.2, 0.25) is 0 Å². The van der Waals surface area contributed by atoms with E-state index in [1.54, 1.807) is 19.1 Å². The smallest absolute Gasteiger partial charge is 0.313 e. The number of nitrogens with two attached hydrogens (primary N) is 1. The van der Waals surface area contributed by atoms with E-state index in [1.165, 1.54) is 0 Å². The van der Waals surface area contributed by atoms with Crippen LogP contribution in [0.4, 0.5) is 0 Å². The quantitative estimate of drug-likeness (QED) is 0.246. The van der Waals surface area contributed by atoms with Gasteiger partial charge >= 0.3 is 5.97 Å². The first-order chi connectivity index (χ1) is 15.0. The zero-order chi connectivity index (χ0) is 21.8. The van der Waals surface area contributed by atoms with Gasteiger partial charge in [-0.05, 0) is 61.9 Å². The maximum absolute atomic E-state index is 12.7. The SMILES string of the molecule is CCOC(=O)C(Cc1cc2cc(C(=N)N)ccc2o1)c1ccc(O[C@H]2CCNC2)cc1.Cl.Cl. The van der Waals surface area contributed by atoms with Crippen LogP contribution in [0.3, 0.4) is 0 Å². The Bertz CT molecular complexity index is 1080. The van der Waals surface area contributed by atoms with Gasteiger partial charge in [-0.15, -0.1) is 24.8 Å². The molecule has 4 N–H and O–H groups in total. The molecule has 0 radical (unpaired) electrons. The highest BCUT2D eigenvalue weighted by molar-refractivity contribution is 5.98. The number of hydrogen-bond acceptors (Lipinski definition) is 6. The van der Waals surface area contributed by atoms with Crippen LogP contribution in [0.25, 0.3) is 11.0 Å². The van der Waals surface area contributed by atoms with Gasteiger partial charge in [0.2, 0.25) is 0 Å². The maximum atomic E-state index is 12.7. The summed E-state index contributed by atoms with van der Waals surface area (Å²) in [6, 6.07) is 14.9. The van der Waals surface area contributed by atoms with Gasteiger partial charge in [0.05, 0.1) is 12.5 Å². The normalized spacial score (nSPS) is 15.8. The lowest BCUT2D eigenvalue weighted by Gasteiger charge is -2.17. The van der Waals surface area contributed by atoms with Crippen molar-refractivity contribution in [2.45, 2.75) is 31.8 Å². The zero-order valence-corrected chi connectivity index (χ0v) is 20.0. The minimum absolute atomic E-state index is 0. The number of amidine groups is 1. The lowest BCUT2D eigenvalue weighted by molar-refractivity contribution is -0.145. The van der Waals surface area contributed by atoms with E-state index in [2.05, 4.69) is 5.32 Å². The molecular weight excluding hydrogens is 465 g/mol. The van der Waals surface area contributed by atoms with E-state index >= 15 is 0 Å². The molecule has 0 spiro atoms. The molecule has 0 saturated carbocycles. The van der Waals surface area contributed by atoms with E-state index in [0.29, 0.717) is 29.9 Å². The number of rotatable bonds is 8. The molecule has 7 nitrogen and oxygen atoms in total. The van der Waals surface area contributed by atoms with Crippen LogP contribution >= 0.6 is 24.8 Å². The highest BCUT2D eigenvalue weighted by atomic mass is 35.5. The number of benzene rings is 2. The van der Waals surface area contributed by atoms with Gasteiger partial charge in [-0.3, -0.25) is 10.2 Å². The summed E-state index contributed by atoms with van der Waals surface area (Å²) in [7, 11) is 0. The van der Waals surface area contributed by atoms with Crippen LogP contribution in [0.1, 0.15) is 36.1 Å². The van der Waals surface area contributed by atoms with E-state index in [1.807, 2.05) is 36.4 Å². The summed E-state index contributed by atoms with van der Waals surface area (Å²) in [5, 5.41) is 11.7. The van der Waals surface area contributed by atoms with Crippen molar-refractivity contribution in [3.63, 3.8) is 0 Å². The van der Waals surface area contributed by atoms with Crippen molar-refractivity contribution in [1.82, 2.24) is 5.32 Å². The predicted octanol–water partition coefficient (Wildman–Crippen LogP) is 4.19. The average Bonchev–Trinajstić information content (AvgIpc) is 3.41. The molecule has 2 heterocycles. The Labute approximate surface area is 205 Å². The monoisotopic (exact) mass is 493 g/mol. The van der Waals surface area contributed by atoms with Crippen molar-refractivity contribution in [2.75, 3.05) is 19.7 Å². The Balaban J connectivity index is 0.00000193. The van der Waals surface area contributed by atoms with Crippen molar-refractivity contribution in [3.8, 4) is 5.75 Å². The lowest BCUT2D eigenvalue weighted by atomic mass is 9.94. The second kappa shape index (κ2) is 11.9. The van der Waals surface area contributed by atoms with Crippen molar-refractivity contribution in [1.29, 1.82) is 5.41 Å². The molecule has 2 aromatic carbocycles. The average molecular weight is 494 g/mol. The van der Waals surface area contributed by atoms with Gasteiger partial charge in [0.25, 0.3) is 0 Å². The number of esters is 1. The molecule has 1 saturated heterocycles. The van der Waals surface area contributed by atoms with Gasteiger partial charge in [0, 0.05) is 23.9 Å². The molecule has 1 aromatic heterocycles. The standard InChI is InChI=1S/C24H27N3O4.2ClH/c1-2-29-24(28)21(15-3-6-18(7-4-15)30-19-9-10-27-14-19)13-20-12-17-11-16(23(25)26)5-8-22(17)31-20;;/h3-8,11-12,19,21,27H,2,9-10,13-14H2,1H3,(H3,25,26);2*1H/t19-,21?;;/m0../s1. The molecule has 33 heavy (non-hydrogen) atoms. The Morgan fingerprint density at radius 2 is 1.97 bits per heavy atom. The van der Waals surface area contributed by atoms with Crippen LogP contribution in [-0.4, -0.2) is 37.6 Å². The Morgan fingerprint density at radius 3 is 2.61 bits per heavy atom. The Morgan fingerprint density at radius 1 is 1.21 bits per heavy atom. The van der Waals surface area contributed by atoms with Crippen molar-refractivity contribution >= 4 is 47.6 Å². The van der Waals surface area contributed by atoms with Gasteiger partial charge in [-0.2, -0.15) is 0 Å². The number of carbonyl (C=O) groups excluding carboxylic acids is 1. The summed E-state index contributed by atoms with van der Waals surface area (Å²) in [4.78, 5) is 12.7. The molecule has 1 fully saturated rings. The van der Waals surface area contributed by atoms with Crippen LogP contribution in [0, 0.1) is 5.41 Å². The first kappa shape index (κ1) is 26.5. The number of carbonyl (C=O) groups is 1. The third kappa shape index (κ3) is 6.41. The topological polar surface area (TPSA) is 111 Å². The Kier molecular flexibility index (Phi) is 9.58. The summed E-state index contributed by atoms with van der Waals surface area (Å²) in [5.41, 5.74) is 7.76. The molecule has 178 valence electrons. The number of fused-ring (bicyclic) bond motifs is 1. The van der Waals surface area contributed by atoms with Crippen molar-refractivity contribution < 1.29 is 18.7 Å². The van der Waals surface area contributed by atoms with Gasteiger partial charge in [0.15, 0.2) is 0 Å². The molecular formula is C24H29Cl2N3O4. The second-order valence-electron chi connectivity index (χ2n) is 7.69. The number of nitrogen functional groups attached to an aromatic ring is 1. The minimum atomic E-state index is -0.491. The zero-order valence-electron chi connectivity index (χ0n) is 18.3. The fourth-order valence-electron chi connectivity index (χ4n) is 3.85. The molecule has 0 aliphatic carbocycles. The fraction of sp³-hybridized carbons (Fsp3) is 0.333. The van der Waals surface area contributed by atoms with Crippen LogP contribution in [0.15, 0.2) is 52.9 Å². The molecule has 4 rings (SSSR count). The molecule has 0 amide bonds. The van der Waals surface area contributed by atoms with E-state index in [4.69, 9.17) is 25.0 Å². The van der Waals surface area contributed by atoms with Crippen LogP contribution < -0.4 is 15.8 Å². The summed E-state index contributed by atoms with van der Waals surface area (Å²) in [6.07, 6.45) is 1.54. The number of furan rings is 1. The molecule has 1 aliphatic rings. The van der Waals surface area contributed by atoms with Gasteiger partial charge < -0.3 is 24.9 Å². The van der Waals surface area contributed by atoms with Gasteiger partial charge in [-0.1, -0.05) is 12.1 Å². The minimum Gasteiger partial charge on any atom is -0.489 e. The Hall–Kier alpha value is -2.74. The summed E-state index contributed by atoms with van der Waals surface area (Å²) in [5.74, 6) is 0.687. The lowest BCUT2D eigenvalue weighted by Crippen LogP contribution is -2.20. The summed E-state index contributed by atoms with van der Waals surface area (Å²) < 4.78 is 17.3. The number of nitrogens with one attached hydrogen (secondary N) is 2. The molecule has 2 atom stereocenters. The molecule has 9 heteroatoms. The molecule has 1 aliphatic heterocycles.